The Bertz CT molecular complexity index is 374. The second-order valence-electron chi connectivity index (χ2n) is 6.63. The summed E-state index contributed by atoms with van der Waals surface area (Å²) in [6.07, 6.45) is 0. The van der Waals surface area contributed by atoms with Gasteiger partial charge in [-0.05, 0) is 38.4 Å². The van der Waals surface area contributed by atoms with Crippen molar-refractivity contribution in [3.63, 3.8) is 0 Å². The summed E-state index contributed by atoms with van der Waals surface area (Å²) in [7, 11) is 3.96. The molecule has 0 heterocycles. The summed E-state index contributed by atoms with van der Waals surface area (Å²) >= 11 is 0. The second kappa shape index (κ2) is 7.77. The van der Waals surface area contributed by atoms with E-state index in [2.05, 4.69) is 49.5 Å². The van der Waals surface area contributed by atoms with Crippen molar-refractivity contribution in [1.29, 1.82) is 0 Å². The average molecular weight is 278 g/mol. The van der Waals surface area contributed by atoms with Gasteiger partial charge in [-0.1, -0.05) is 44.2 Å². The molecule has 0 aliphatic heterocycles. The van der Waals surface area contributed by atoms with Crippen LogP contribution in [0.2, 0.25) is 0 Å². The van der Waals surface area contributed by atoms with E-state index in [1.54, 1.807) is 0 Å². The molecule has 0 fully saturated rings. The Kier molecular flexibility index (Phi) is 6.66. The van der Waals surface area contributed by atoms with E-state index < -0.39 is 5.60 Å². The third-order valence-electron chi connectivity index (χ3n) is 3.56. The number of rotatable bonds is 8. The highest BCUT2D eigenvalue weighted by Crippen LogP contribution is 2.23. The maximum absolute atomic E-state index is 10.3. The lowest BCUT2D eigenvalue weighted by atomic mass is 9.88. The lowest BCUT2D eigenvalue weighted by Crippen LogP contribution is -2.46. The van der Waals surface area contributed by atoms with Gasteiger partial charge < -0.3 is 15.3 Å². The van der Waals surface area contributed by atoms with Crippen LogP contribution in [-0.4, -0.2) is 49.3 Å². The molecule has 20 heavy (non-hydrogen) atoms. The fraction of sp³-hybridized carbons (Fsp3) is 0.647. The van der Waals surface area contributed by atoms with Crippen molar-refractivity contribution in [3.8, 4) is 0 Å². The zero-order valence-corrected chi connectivity index (χ0v) is 13.6. The monoisotopic (exact) mass is 278 g/mol. The van der Waals surface area contributed by atoms with Gasteiger partial charge in [0.25, 0.3) is 0 Å². The van der Waals surface area contributed by atoms with Gasteiger partial charge in [0.2, 0.25) is 0 Å². The first-order valence-electron chi connectivity index (χ1n) is 7.44. The third kappa shape index (κ3) is 6.04. The highest BCUT2D eigenvalue weighted by Gasteiger charge is 2.22. The smallest absolute Gasteiger partial charge is 0.0869 e. The molecule has 0 saturated carbocycles. The zero-order chi connectivity index (χ0) is 15.2. The Morgan fingerprint density at radius 3 is 2.30 bits per heavy atom. The van der Waals surface area contributed by atoms with Crippen molar-refractivity contribution >= 4 is 0 Å². The average Bonchev–Trinajstić information content (AvgIpc) is 2.33. The molecule has 1 aromatic carbocycles. The summed E-state index contributed by atoms with van der Waals surface area (Å²) < 4.78 is 0. The zero-order valence-electron chi connectivity index (χ0n) is 13.6. The number of nitrogens with one attached hydrogen (secondary N) is 1. The minimum atomic E-state index is -0.693. The fourth-order valence-electron chi connectivity index (χ4n) is 2.67. The quantitative estimate of drug-likeness (QED) is 0.766. The number of aliphatic hydroxyl groups is 1. The molecule has 3 heteroatoms. The first-order valence-corrected chi connectivity index (χ1v) is 7.44. The summed E-state index contributed by atoms with van der Waals surface area (Å²) in [4.78, 5) is 2.01. The summed E-state index contributed by atoms with van der Waals surface area (Å²) in [5, 5.41) is 13.7. The molecular formula is C17H30N2O. The molecule has 2 N–H and O–H groups in total. The van der Waals surface area contributed by atoms with Crippen LogP contribution < -0.4 is 5.32 Å². The van der Waals surface area contributed by atoms with Crippen molar-refractivity contribution in [2.75, 3.05) is 33.7 Å². The van der Waals surface area contributed by atoms with E-state index in [0.29, 0.717) is 24.9 Å². The van der Waals surface area contributed by atoms with E-state index >= 15 is 0 Å². The maximum Gasteiger partial charge on any atom is 0.0869 e. The SMILES string of the molecule is CC(C)C(CNCC(C)(O)CN(C)C)c1ccccc1. The molecule has 0 bridgehead atoms. The third-order valence-corrected chi connectivity index (χ3v) is 3.56. The largest absolute Gasteiger partial charge is 0.388 e. The second-order valence-corrected chi connectivity index (χ2v) is 6.63. The predicted molar refractivity (Wildman–Crippen MR) is 86.1 cm³/mol. The van der Waals surface area contributed by atoms with Crippen LogP contribution in [-0.2, 0) is 0 Å². The van der Waals surface area contributed by atoms with E-state index in [4.69, 9.17) is 0 Å². The highest BCUT2D eigenvalue weighted by molar-refractivity contribution is 5.20. The van der Waals surface area contributed by atoms with Crippen LogP contribution in [0.15, 0.2) is 30.3 Å². The molecule has 0 radical (unpaired) electrons. The lowest BCUT2D eigenvalue weighted by molar-refractivity contribution is 0.0334. The molecule has 0 spiro atoms. The summed E-state index contributed by atoms with van der Waals surface area (Å²) in [6, 6.07) is 10.6. The summed E-state index contributed by atoms with van der Waals surface area (Å²) in [6.45, 7) is 8.55. The Labute approximate surface area is 124 Å². The highest BCUT2D eigenvalue weighted by atomic mass is 16.3. The molecule has 2 unspecified atom stereocenters. The van der Waals surface area contributed by atoms with E-state index in [9.17, 15) is 5.11 Å². The van der Waals surface area contributed by atoms with Crippen LogP contribution in [0.3, 0.4) is 0 Å². The van der Waals surface area contributed by atoms with Crippen molar-refractivity contribution in [1.82, 2.24) is 10.2 Å². The van der Waals surface area contributed by atoms with E-state index in [1.165, 1.54) is 5.56 Å². The van der Waals surface area contributed by atoms with Crippen molar-refractivity contribution in [3.05, 3.63) is 35.9 Å². The molecule has 1 aromatic rings. The van der Waals surface area contributed by atoms with Gasteiger partial charge in [0.15, 0.2) is 0 Å². The van der Waals surface area contributed by atoms with Crippen molar-refractivity contribution in [2.45, 2.75) is 32.3 Å². The van der Waals surface area contributed by atoms with Gasteiger partial charge in [-0.25, -0.2) is 0 Å². The van der Waals surface area contributed by atoms with Crippen molar-refractivity contribution < 1.29 is 5.11 Å². The normalized spacial score (nSPS) is 16.4. The van der Waals surface area contributed by atoms with Gasteiger partial charge in [0.05, 0.1) is 5.60 Å². The number of hydrogen-bond donors (Lipinski definition) is 2. The predicted octanol–water partition coefficient (Wildman–Crippen LogP) is 2.33. The molecule has 0 aliphatic carbocycles. The Morgan fingerprint density at radius 2 is 1.80 bits per heavy atom. The topological polar surface area (TPSA) is 35.5 Å². The fourth-order valence-corrected chi connectivity index (χ4v) is 2.67. The van der Waals surface area contributed by atoms with E-state index in [-0.39, 0.29) is 0 Å². The maximum atomic E-state index is 10.3. The summed E-state index contributed by atoms with van der Waals surface area (Å²) in [5.41, 5.74) is 0.670. The first-order chi connectivity index (χ1) is 9.32. The molecule has 2 atom stereocenters. The van der Waals surface area contributed by atoms with Crippen LogP contribution in [0.5, 0.6) is 0 Å². The van der Waals surface area contributed by atoms with Crippen LogP contribution in [0.25, 0.3) is 0 Å². The Balaban J connectivity index is 2.53. The lowest BCUT2D eigenvalue weighted by Gasteiger charge is -2.29. The molecule has 0 saturated heterocycles. The van der Waals surface area contributed by atoms with Gasteiger partial charge in [-0.15, -0.1) is 0 Å². The molecule has 0 amide bonds. The first kappa shape index (κ1) is 17.2. The van der Waals surface area contributed by atoms with Crippen molar-refractivity contribution in [2.24, 2.45) is 5.92 Å². The van der Waals surface area contributed by atoms with Gasteiger partial charge in [0.1, 0.15) is 0 Å². The van der Waals surface area contributed by atoms with Crippen LogP contribution in [0.1, 0.15) is 32.3 Å². The van der Waals surface area contributed by atoms with Gasteiger partial charge in [0, 0.05) is 19.6 Å². The molecule has 0 aliphatic rings. The van der Waals surface area contributed by atoms with Gasteiger partial charge in [-0.2, -0.15) is 0 Å². The molecule has 114 valence electrons. The number of hydrogen-bond acceptors (Lipinski definition) is 3. The van der Waals surface area contributed by atoms with Gasteiger partial charge in [-0.3, -0.25) is 0 Å². The van der Waals surface area contributed by atoms with Crippen LogP contribution in [0, 0.1) is 5.92 Å². The number of benzene rings is 1. The van der Waals surface area contributed by atoms with Crippen LogP contribution in [0.4, 0.5) is 0 Å². The number of nitrogens with zero attached hydrogens (tertiary/aromatic N) is 1. The molecule has 1 rings (SSSR count). The van der Waals surface area contributed by atoms with Crippen LogP contribution >= 0.6 is 0 Å². The molecule has 3 nitrogen and oxygen atoms in total. The Morgan fingerprint density at radius 1 is 1.20 bits per heavy atom. The standard InChI is InChI=1S/C17H30N2O/c1-14(2)16(15-9-7-6-8-10-15)11-18-12-17(3,20)13-19(4)5/h6-10,14,16,18,20H,11-13H2,1-5H3. The van der Waals surface area contributed by atoms with Gasteiger partial charge >= 0.3 is 0 Å². The minimum Gasteiger partial charge on any atom is -0.388 e. The minimum absolute atomic E-state index is 0.478. The molecular weight excluding hydrogens is 248 g/mol. The summed E-state index contributed by atoms with van der Waals surface area (Å²) in [5.74, 6) is 1.05. The van der Waals surface area contributed by atoms with E-state index in [1.807, 2.05) is 25.9 Å². The van der Waals surface area contributed by atoms with E-state index in [0.717, 1.165) is 6.54 Å². The number of likely N-dealkylation sites (N-methyl/N-ethyl adjacent to an activating group) is 1. The Hall–Kier alpha value is -0.900. The molecule has 0 aromatic heterocycles.